The Kier molecular flexibility index (Phi) is 4.64. The van der Waals surface area contributed by atoms with Gasteiger partial charge in [0.25, 0.3) is 0 Å². The number of tetrazole rings is 1. The molecule has 0 saturated carbocycles. The van der Waals surface area contributed by atoms with Gasteiger partial charge in [0.2, 0.25) is 0 Å². The molecule has 1 aromatic heterocycles. The first-order chi connectivity index (χ1) is 11.7. The van der Waals surface area contributed by atoms with Crippen molar-refractivity contribution >= 4 is 0 Å². The van der Waals surface area contributed by atoms with E-state index in [1.807, 2.05) is 61.6 Å². The molecule has 1 atom stereocenters. The Hall–Kier alpha value is -3.04. The SMILES string of the molecule is CC(c1nnnn1-c1ccccc1)N(C)Cc1ccc(C#N)cc1. The lowest BCUT2D eigenvalue weighted by atomic mass is 10.1. The van der Waals surface area contributed by atoms with Crippen LogP contribution in [-0.4, -0.2) is 32.2 Å². The van der Waals surface area contributed by atoms with Gasteiger partial charge >= 0.3 is 0 Å². The highest BCUT2D eigenvalue weighted by Gasteiger charge is 2.19. The maximum absolute atomic E-state index is 8.88. The van der Waals surface area contributed by atoms with Gasteiger partial charge in [-0.3, -0.25) is 4.90 Å². The second-order valence-corrected chi connectivity index (χ2v) is 5.68. The van der Waals surface area contributed by atoms with E-state index in [-0.39, 0.29) is 6.04 Å². The minimum Gasteiger partial charge on any atom is -0.292 e. The number of benzene rings is 2. The Morgan fingerprint density at radius 3 is 2.50 bits per heavy atom. The lowest BCUT2D eigenvalue weighted by Crippen LogP contribution is -2.24. The molecule has 6 nitrogen and oxygen atoms in total. The molecule has 120 valence electrons. The number of hydrogen-bond donors (Lipinski definition) is 0. The lowest BCUT2D eigenvalue weighted by Gasteiger charge is -2.23. The average molecular weight is 318 g/mol. The van der Waals surface area contributed by atoms with Crippen molar-refractivity contribution < 1.29 is 0 Å². The van der Waals surface area contributed by atoms with Crippen molar-refractivity contribution in [1.82, 2.24) is 25.1 Å². The molecule has 0 saturated heterocycles. The van der Waals surface area contributed by atoms with E-state index in [1.165, 1.54) is 0 Å². The van der Waals surface area contributed by atoms with Crippen molar-refractivity contribution in [1.29, 1.82) is 5.26 Å². The molecule has 0 aliphatic heterocycles. The summed E-state index contributed by atoms with van der Waals surface area (Å²) in [5.41, 5.74) is 2.75. The first-order valence-corrected chi connectivity index (χ1v) is 7.72. The fraction of sp³-hybridized carbons (Fsp3) is 0.222. The van der Waals surface area contributed by atoms with Crippen LogP contribution < -0.4 is 0 Å². The van der Waals surface area contributed by atoms with Gasteiger partial charge in [0.05, 0.1) is 23.4 Å². The van der Waals surface area contributed by atoms with Crippen LogP contribution in [0.15, 0.2) is 54.6 Å². The molecule has 3 rings (SSSR count). The zero-order valence-electron chi connectivity index (χ0n) is 13.7. The van der Waals surface area contributed by atoms with Gasteiger partial charge < -0.3 is 0 Å². The van der Waals surface area contributed by atoms with E-state index in [2.05, 4.69) is 33.4 Å². The molecule has 0 amide bonds. The number of hydrogen-bond acceptors (Lipinski definition) is 5. The minimum atomic E-state index is 0.0378. The Labute approximate surface area is 141 Å². The van der Waals surface area contributed by atoms with E-state index >= 15 is 0 Å². The van der Waals surface area contributed by atoms with Crippen LogP contribution in [0, 0.1) is 11.3 Å². The Bertz CT molecular complexity index is 832. The number of para-hydroxylation sites is 1. The summed E-state index contributed by atoms with van der Waals surface area (Å²) in [7, 11) is 2.03. The molecule has 0 aliphatic carbocycles. The quantitative estimate of drug-likeness (QED) is 0.723. The van der Waals surface area contributed by atoms with Crippen LogP contribution in [0.4, 0.5) is 0 Å². The molecule has 2 aromatic carbocycles. The Balaban J connectivity index is 1.78. The lowest BCUT2D eigenvalue weighted by molar-refractivity contribution is 0.240. The number of nitrogens with zero attached hydrogens (tertiary/aromatic N) is 6. The minimum absolute atomic E-state index is 0.0378. The topological polar surface area (TPSA) is 70.6 Å². The monoisotopic (exact) mass is 318 g/mol. The van der Waals surface area contributed by atoms with Gasteiger partial charge in [-0.15, -0.1) is 5.10 Å². The maximum Gasteiger partial charge on any atom is 0.173 e. The maximum atomic E-state index is 8.88. The molecule has 0 fully saturated rings. The molecule has 0 N–H and O–H groups in total. The second kappa shape index (κ2) is 7.02. The third-order valence-corrected chi connectivity index (χ3v) is 4.04. The van der Waals surface area contributed by atoms with Crippen LogP contribution in [0.5, 0.6) is 0 Å². The van der Waals surface area contributed by atoms with Crippen molar-refractivity contribution in [2.75, 3.05) is 7.05 Å². The second-order valence-electron chi connectivity index (χ2n) is 5.68. The van der Waals surface area contributed by atoms with E-state index in [0.717, 1.165) is 23.6 Å². The fourth-order valence-electron chi connectivity index (χ4n) is 2.51. The summed E-state index contributed by atoms with van der Waals surface area (Å²) in [6.45, 7) is 2.82. The third kappa shape index (κ3) is 3.31. The van der Waals surface area contributed by atoms with Crippen molar-refractivity contribution in [2.45, 2.75) is 19.5 Å². The summed E-state index contributed by atoms with van der Waals surface area (Å²) >= 11 is 0. The average Bonchev–Trinajstić information content (AvgIpc) is 3.12. The number of rotatable bonds is 5. The largest absolute Gasteiger partial charge is 0.292 e. The van der Waals surface area contributed by atoms with Crippen LogP contribution in [0.2, 0.25) is 0 Å². The summed E-state index contributed by atoms with van der Waals surface area (Å²) in [4.78, 5) is 2.17. The standard InChI is InChI=1S/C18H18N6/c1-14(23(2)13-16-10-8-15(12-19)9-11-16)18-20-21-22-24(18)17-6-4-3-5-7-17/h3-11,14H,13H2,1-2H3. The molecule has 0 bridgehead atoms. The molecule has 1 unspecified atom stereocenters. The molecule has 6 heteroatoms. The van der Waals surface area contributed by atoms with Gasteiger partial charge in [0, 0.05) is 6.54 Å². The van der Waals surface area contributed by atoms with Gasteiger partial charge in [0.15, 0.2) is 5.82 Å². The summed E-state index contributed by atoms with van der Waals surface area (Å²) in [6, 6.07) is 19.6. The Morgan fingerprint density at radius 2 is 1.83 bits per heavy atom. The molecule has 0 spiro atoms. The summed E-state index contributed by atoms with van der Waals surface area (Å²) in [5, 5.41) is 21.0. The molecular formula is C18H18N6. The van der Waals surface area contributed by atoms with Gasteiger partial charge in [-0.05, 0) is 54.2 Å². The third-order valence-electron chi connectivity index (χ3n) is 4.04. The first-order valence-electron chi connectivity index (χ1n) is 7.72. The smallest absolute Gasteiger partial charge is 0.173 e. The Morgan fingerprint density at radius 1 is 1.12 bits per heavy atom. The molecule has 24 heavy (non-hydrogen) atoms. The normalized spacial score (nSPS) is 12.1. The zero-order chi connectivity index (χ0) is 16.9. The predicted molar refractivity (Wildman–Crippen MR) is 90.2 cm³/mol. The van der Waals surface area contributed by atoms with Crippen LogP contribution >= 0.6 is 0 Å². The molecule has 1 heterocycles. The van der Waals surface area contributed by atoms with Crippen LogP contribution in [-0.2, 0) is 6.54 Å². The van der Waals surface area contributed by atoms with Gasteiger partial charge in [-0.25, -0.2) is 0 Å². The van der Waals surface area contributed by atoms with E-state index in [9.17, 15) is 0 Å². The summed E-state index contributed by atoms with van der Waals surface area (Å²) < 4.78 is 1.76. The highest BCUT2D eigenvalue weighted by atomic mass is 15.6. The van der Waals surface area contributed by atoms with Gasteiger partial charge in [-0.1, -0.05) is 30.3 Å². The van der Waals surface area contributed by atoms with E-state index in [4.69, 9.17) is 5.26 Å². The van der Waals surface area contributed by atoms with Crippen molar-refractivity contribution in [2.24, 2.45) is 0 Å². The van der Waals surface area contributed by atoms with Crippen molar-refractivity contribution in [3.8, 4) is 11.8 Å². The number of nitriles is 1. The predicted octanol–water partition coefficient (Wildman–Crippen LogP) is 2.73. The van der Waals surface area contributed by atoms with E-state index in [0.29, 0.717) is 5.56 Å². The highest BCUT2D eigenvalue weighted by molar-refractivity contribution is 5.32. The van der Waals surface area contributed by atoms with Crippen LogP contribution in [0.1, 0.15) is 29.9 Å². The van der Waals surface area contributed by atoms with Gasteiger partial charge in [-0.2, -0.15) is 9.94 Å². The molecule has 0 radical (unpaired) electrons. The molecule has 0 aliphatic rings. The van der Waals surface area contributed by atoms with Crippen molar-refractivity contribution in [3.63, 3.8) is 0 Å². The highest BCUT2D eigenvalue weighted by Crippen LogP contribution is 2.20. The van der Waals surface area contributed by atoms with E-state index in [1.54, 1.807) is 4.68 Å². The zero-order valence-corrected chi connectivity index (χ0v) is 13.7. The van der Waals surface area contributed by atoms with E-state index < -0.39 is 0 Å². The first kappa shape index (κ1) is 15.8. The molecular weight excluding hydrogens is 300 g/mol. The fourth-order valence-corrected chi connectivity index (χ4v) is 2.51. The van der Waals surface area contributed by atoms with Crippen molar-refractivity contribution in [3.05, 3.63) is 71.5 Å². The molecule has 3 aromatic rings. The summed E-state index contributed by atoms with van der Waals surface area (Å²) in [5.74, 6) is 0.789. The van der Waals surface area contributed by atoms with Crippen LogP contribution in [0.25, 0.3) is 5.69 Å². The van der Waals surface area contributed by atoms with Crippen LogP contribution in [0.3, 0.4) is 0 Å². The summed E-state index contributed by atoms with van der Waals surface area (Å²) in [6.07, 6.45) is 0. The number of aromatic nitrogens is 4. The van der Waals surface area contributed by atoms with Gasteiger partial charge in [0.1, 0.15) is 0 Å².